The van der Waals surface area contributed by atoms with E-state index in [4.69, 9.17) is 24.7 Å². The Hall–Kier alpha value is -4.16. The van der Waals surface area contributed by atoms with Gasteiger partial charge in [0.2, 0.25) is 11.8 Å². The highest BCUT2D eigenvalue weighted by Gasteiger charge is 2.44. The predicted octanol–water partition coefficient (Wildman–Crippen LogP) is 3.94. The van der Waals surface area contributed by atoms with E-state index >= 15 is 0 Å². The van der Waals surface area contributed by atoms with E-state index in [0.717, 1.165) is 24.2 Å². The number of anilines is 3. The van der Waals surface area contributed by atoms with E-state index in [0.29, 0.717) is 79.3 Å². The number of benzene rings is 1. The van der Waals surface area contributed by atoms with Crippen molar-refractivity contribution in [2.75, 3.05) is 56.0 Å². The molecule has 0 unspecified atom stereocenters. The number of aromatic nitrogens is 3. The number of rotatable bonds is 11. The Kier molecular flexibility index (Phi) is 9.16. The number of aryl methyl sites for hydroxylation is 2. The zero-order chi connectivity index (χ0) is 30.6. The van der Waals surface area contributed by atoms with Gasteiger partial charge in [-0.1, -0.05) is 6.92 Å². The molecule has 12 nitrogen and oxygen atoms in total. The number of carbonyl (C=O) groups is 2. The monoisotopic (exact) mass is 592 g/mol. The maximum absolute atomic E-state index is 12.9. The first-order valence-electron chi connectivity index (χ1n) is 14.6. The van der Waals surface area contributed by atoms with Gasteiger partial charge in [-0.2, -0.15) is 5.10 Å². The fraction of sp³-hybridized carbons (Fsp3) is 0.484. The molecule has 1 atom stereocenters. The van der Waals surface area contributed by atoms with Crippen LogP contribution in [0.5, 0.6) is 5.88 Å². The number of amides is 1. The fourth-order valence-electron chi connectivity index (χ4n) is 5.51. The number of carbonyl (C=O) groups excluding carboxylic acids is 2. The van der Waals surface area contributed by atoms with E-state index in [9.17, 15) is 9.59 Å². The van der Waals surface area contributed by atoms with E-state index in [2.05, 4.69) is 22.3 Å². The molecule has 0 radical (unpaired) electrons. The third-order valence-electron chi connectivity index (χ3n) is 7.86. The molecular weight excluding hydrogens is 552 g/mol. The van der Waals surface area contributed by atoms with Crippen LogP contribution in [-0.2, 0) is 26.1 Å². The molecule has 4 heterocycles. The van der Waals surface area contributed by atoms with Crippen LogP contribution in [-0.4, -0.2) is 72.4 Å². The molecule has 12 heteroatoms. The average Bonchev–Trinajstić information content (AvgIpc) is 3.60. The molecule has 1 aromatic carbocycles. The summed E-state index contributed by atoms with van der Waals surface area (Å²) in [6.07, 6.45) is 4.29. The Morgan fingerprint density at radius 2 is 2.02 bits per heavy atom. The summed E-state index contributed by atoms with van der Waals surface area (Å²) in [6.45, 7) is 6.80. The standard InChI is InChI=1S/C31H40N6O6/c1-20(6-5-11-41-29-24(19-34-36(29)3)26-15-22(30(39)40-4)14-21(2)35-26)18-33-27-16-23(7-8-25(27)32)37-10-9-31(17-28(37)38)42-12-13-43-31/h7-8,14-16,19-20,33H,5-6,9-13,17-18,32H2,1-4H3/t20-/m1/s1. The van der Waals surface area contributed by atoms with Crippen LogP contribution < -0.4 is 20.7 Å². The second-order valence-corrected chi connectivity index (χ2v) is 11.2. The molecule has 3 N–H and O–H groups in total. The summed E-state index contributed by atoms with van der Waals surface area (Å²) in [4.78, 5) is 31.4. The van der Waals surface area contributed by atoms with Crippen LogP contribution in [0, 0.1) is 12.8 Å². The molecule has 43 heavy (non-hydrogen) atoms. The lowest BCUT2D eigenvalue weighted by atomic mass is 10.0. The number of nitrogens with two attached hydrogens (primary N) is 1. The highest BCUT2D eigenvalue weighted by molar-refractivity contribution is 5.96. The number of hydrogen-bond donors (Lipinski definition) is 2. The molecule has 0 aliphatic carbocycles. The van der Waals surface area contributed by atoms with Crippen molar-refractivity contribution in [3.05, 3.63) is 47.8 Å². The molecule has 1 spiro atoms. The molecule has 2 aliphatic rings. The zero-order valence-electron chi connectivity index (χ0n) is 25.2. The highest BCUT2D eigenvalue weighted by atomic mass is 16.7. The lowest BCUT2D eigenvalue weighted by Crippen LogP contribution is -2.48. The second kappa shape index (κ2) is 13.0. The van der Waals surface area contributed by atoms with Gasteiger partial charge in [-0.25, -0.2) is 9.48 Å². The molecule has 2 saturated heterocycles. The number of hydrogen-bond acceptors (Lipinski definition) is 10. The Labute approximate surface area is 251 Å². The summed E-state index contributed by atoms with van der Waals surface area (Å²) in [6, 6.07) is 9.02. The van der Waals surface area contributed by atoms with Gasteiger partial charge in [-0.3, -0.25) is 9.78 Å². The number of pyridine rings is 1. The van der Waals surface area contributed by atoms with Gasteiger partial charge in [0.15, 0.2) is 5.79 Å². The van der Waals surface area contributed by atoms with Crippen LogP contribution in [0.4, 0.5) is 17.1 Å². The highest BCUT2D eigenvalue weighted by Crippen LogP contribution is 2.36. The number of nitrogen functional groups attached to an aromatic ring is 1. The zero-order valence-corrected chi connectivity index (χ0v) is 25.2. The minimum atomic E-state index is -0.758. The molecule has 3 aromatic rings. The number of nitrogens with one attached hydrogen (secondary N) is 1. The SMILES string of the molecule is COC(=O)c1cc(C)nc(-c2cnn(C)c2OCCC[C@@H](C)CNc2cc(N3CCC4(CC3=O)OCCO4)ccc2N)c1. The maximum Gasteiger partial charge on any atom is 0.337 e. The van der Waals surface area contributed by atoms with Crippen LogP contribution in [0.1, 0.15) is 48.7 Å². The first kappa shape index (κ1) is 30.3. The fourth-order valence-corrected chi connectivity index (χ4v) is 5.51. The minimum absolute atomic E-state index is 0.0177. The molecule has 230 valence electrons. The Bertz CT molecular complexity index is 1470. The topological polar surface area (TPSA) is 143 Å². The maximum atomic E-state index is 12.9. The van der Waals surface area contributed by atoms with Gasteiger partial charge >= 0.3 is 5.97 Å². The quantitative estimate of drug-likeness (QED) is 0.191. The number of methoxy groups -OCH3 is 1. The second-order valence-electron chi connectivity index (χ2n) is 11.2. The first-order valence-corrected chi connectivity index (χ1v) is 14.6. The molecule has 0 bridgehead atoms. The summed E-state index contributed by atoms with van der Waals surface area (Å²) in [5.41, 5.74) is 11.0. The van der Waals surface area contributed by atoms with Crippen molar-refractivity contribution in [3.63, 3.8) is 0 Å². The van der Waals surface area contributed by atoms with Crippen molar-refractivity contribution in [2.45, 2.75) is 45.3 Å². The molecule has 2 fully saturated rings. The summed E-state index contributed by atoms with van der Waals surface area (Å²) < 4.78 is 24.1. The molecule has 5 rings (SSSR count). The van der Waals surface area contributed by atoms with Gasteiger partial charge in [-0.05, 0) is 56.0 Å². The molecule has 0 saturated carbocycles. The molecule has 1 amide bonds. The van der Waals surface area contributed by atoms with Crippen molar-refractivity contribution >= 4 is 28.9 Å². The van der Waals surface area contributed by atoms with Crippen molar-refractivity contribution in [2.24, 2.45) is 13.0 Å². The van der Waals surface area contributed by atoms with Crippen LogP contribution in [0.3, 0.4) is 0 Å². The summed E-state index contributed by atoms with van der Waals surface area (Å²) in [5, 5.41) is 7.80. The van der Waals surface area contributed by atoms with E-state index in [-0.39, 0.29) is 12.3 Å². The van der Waals surface area contributed by atoms with Crippen LogP contribution >= 0.6 is 0 Å². The number of piperidine rings is 1. The minimum Gasteiger partial charge on any atom is -0.477 e. The lowest BCUT2D eigenvalue weighted by molar-refractivity contribution is -0.177. The lowest BCUT2D eigenvalue weighted by Gasteiger charge is -2.37. The molecule has 2 aliphatic heterocycles. The predicted molar refractivity (Wildman–Crippen MR) is 162 cm³/mol. The Morgan fingerprint density at radius 3 is 2.77 bits per heavy atom. The molecule has 2 aromatic heterocycles. The van der Waals surface area contributed by atoms with Crippen molar-refractivity contribution in [1.29, 1.82) is 0 Å². The summed E-state index contributed by atoms with van der Waals surface area (Å²) in [5.74, 6) is -0.265. The van der Waals surface area contributed by atoms with Gasteiger partial charge in [0.05, 0.1) is 67.7 Å². The van der Waals surface area contributed by atoms with Crippen LogP contribution in [0.2, 0.25) is 0 Å². The first-order chi connectivity index (χ1) is 20.7. The number of esters is 1. The van der Waals surface area contributed by atoms with E-state index < -0.39 is 11.8 Å². The van der Waals surface area contributed by atoms with E-state index in [1.54, 1.807) is 27.9 Å². The number of nitrogens with zero attached hydrogens (tertiary/aromatic N) is 4. The summed E-state index contributed by atoms with van der Waals surface area (Å²) >= 11 is 0. The van der Waals surface area contributed by atoms with Gasteiger partial charge in [0.1, 0.15) is 0 Å². The smallest absolute Gasteiger partial charge is 0.337 e. The van der Waals surface area contributed by atoms with Gasteiger partial charge in [0, 0.05) is 37.9 Å². The Morgan fingerprint density at radius 1 is 1.23 bits per heavy atom. The third kappa shape index (κ3) is 6.91. The van der Waals surface area contributed by atoms with Crippen molar-refractivity contribution < 1.29 is 28.5 Å². The van der Waals surface area contributed by atoms with Crippen LogP contribution in [0.15, 0.2) is 36.5 Å². The molecular formula is C31H40N6O6. The van der Waals surface area contributed by atoms with E-state index in [1.165, 1.54) is 7.11 Å². The van der Waals surface area contributed by atoms with Gasteiger partial charge < -0.3 is 34.9 Å². The van der Waals surface area contributed by atoms with Crippen molar-refractivity contribution in [3.8, 4) is 17.1 Å². The van der Waals surface area contributed by atoms with Gasteiger partial charge in [0.25, 0.3) is 0 Å². The summed E-state index contributed by atoms with van der Waals surface area (Å²) in [7, 11) is 3.17. The van der Waals surface area contributed by atoms with E-state index in [1.807, 2.05) is 32.2 Å². The largest absolute Gasteiger partial charge is 0.477 e. The van der Waals surface area contributed by atoms with Crippen molar-refractivity contribution in [1.82, 2.24) is 14.8 Å². The normalized spacial score (nSPS) is 16.8. The third-order valence-corrected chi connectivity index (χ3v) is 7.86. The van der Waals surface area contributed by atoms with Gasteiger partial charge in [-0.15, -0.1) is 0 Å². The average molecular weight is 593 g/mol. The number of ether oxygens (including phenoxy) is 4. The van der Waals surface area contributed by atoms with Crippen LogP contribution in [0.25, 0.3) is 11.3 Å². The Balaban J connectivity index is 1.12.